The number of rotatable bonds is 0. The second kappa shape index (κ2) is 17.6. The molecule has 0 heterocycles. The normalized spacial score (nSPS) is 7.20. The quantitative estimate of drug-likeness (QED) is 0.424. The molecule has 0 nitrogen and oxygen atoms in total. The first-order valence-corrected chi connectivity index (χ1v) is 6.00. The van der Waals surface area contributed by atoms with Gasteiger partial charge in [-0.1, -0.05) is 109 Å². The maximum absolute atomic E-state index is 2.00. The average molecular weight is 396 g/mol. The summed E-state index contributed by atoms with van der Waals surface area (Å²) >= 11 is 0. The van der Waals surface area contributed by atoms with Gasteiger partial charge in [0, 0.05) is 0 Å². The molecule has 0 aliphatic carbocycles. The first-order valence-electron chi connectivity index (χ1n) is 6.00. The van der Waals surface area contributed by atoms with Crippen molar-refractivity contribution in [2.75, 3.05) is 0 Å². The van der Waals surface area contributed by atoms with Gasteiger partial charge in [0.05, 0.1) is 0 Å². The van der Waals surface area contributed by atoms with Gasteiger partial charge in [-0.3, -0.25) is 0 Å². The molecule has 3 aromatic carbocycles. The summed E-state index contributed by atoms with van der Waals surface area (Å²) in [4.78, 5) is 0. The molecule has 0 spiro atoms. The Morgan fingerprint density at radius 3 is 0.250 bits per heavy atom. The van der Waals surface area contributed by atoms with Gasteiger partial charge in [-0.05, 0) is 0 Å². The Morgan fingerprint density at radius 2 is 0.200 bits per heavy atom. The first-order chi connectivity index (χ1) is 9.00. The molecule has 0 aliphatic rings. The fraction of sp³-hybridized carbons (Fsp3) is 0. The van der Waals surface area contributed by atoms with Gasteiger partial charge in [-0.15, -0.1) is 34.0 Å². The van der Waals surface area contributed by atoms with Crippen molar-refractivity contribution >= 4 is 34.0 Å². The third-order valence-electron chi connectivity index (χ3n) is 2.00. The Bertz CT molecular complexity index is 300. The third-order valence-corrected chi connectivity index (χ3v) is 2.00. The molecule has 0 amide bonds. The van der Waals surface area contributed by atoms with Gasteiger partial charge in [0.1, 0.15) is 0 Å². The lowest BCUT2D eigenvalue weighted by atomic mass is 10.4. The van der Waals surface area contributed by atoms with Crippen LogP contribution in [-0.4, -0.2) is 0 Å². The van der Waals surface area contributed by atoms with Crippen molar-refractivity contribution in [3.8, 4) is 0 Å². The van der Waals surface area contributed by atoms with E-state index in [2.05, 4.69) is 0 Å². The zero-order valence-electron chi connectivity index (χ0n) is 11.2. The van der Waals surface area contributed by atoms with Gasteiger partial charge >= 0.3 is 0 Å². The Kier molecular flexibility index (Phi) is 18.4. The molecule has 0 saturated heterocycles. The van der Waals surface area contributed by atoms with Crippen LogP contribution in [0.5, 0.6) is 0 Å². The number of halogens is 2. The van der Waals surface area contributed by atoms with Crippen molar-refractivity contribution < 1.29 is 0 Å². The van der Waals surface area contributed by atoms with E-state index in [-0.39, 0.29) is 34.0 Å². The van der Waals surface area contributed by atoms with Crippen LogP contribution in [0.1, 0.15) is 0 Å². The highest BCUT2D eigenvalue weighted by molar-refractivity contribution is 8.93. The van der Waals surface area contributed by atoms with Crippen LogP contribution in [0.4, 0.5) is 0 Å². The zero-order valence-corrected chi connectivity index (χ0v) is 14.6. The predicted molar refractivity (Wildman–Crippen MR) is 100.0 cm³/mol. The number of benzene rings is 3. The molecule has 0 aromatic heterocycles. The lowest BCUT2D eigenvalue weighted by molar-refractivity contribution is 1.72. The van der Waals surface area contributed by atoms with Gasteiger partial charge < -0.3 is 0 Å². The molecule has 0 saturated carbocycles. The molecular formula is C18H20Br2. The molecule has 2 heteroatoms. The van der Waals surface area contributed by atoms with E-state index in [0.29, 0.717) is 0 Å². The van der Waals surface area contributed by atoms with Crippen molar-refractivity contribution in [1.82, 2.24) is 0 Å². The van der Waals surface area contributed by atoms with Crippen LogP contribution < -0.4 is 0 Å². The van der Waals surface area contributed by atoms with Crippen LogP contribution in [0, 0.1) is 0 Å². The maximum atomic E-state index is 2.00. The third kappa shape index (κ3) is 14.7. The molecular weight excluding hydrogens is 376 g/mol. The van der Waals surface area contributed by atoms with Gasteiger partial charge in [0.25, 0.3) is 0 Å². The molecule has 3 aromatic rings. The van der Waals surface area contributed by atoms with E-state index in [9.17, 15) is 0 Å². The van der Waals surface area contributed by atoms with E-state index in [0.717, 1.165) is 0 Å². The summed E-state index contributed by atoms with van der Waals surface area (Å²) in [7, 11) is 0. The Hall–Kier alpha value is -1.38. The van der Waals surface area contributed by atoms with Crippen molar-refractivity contribution in [2.45, 2.75) is 0 Å². The topological polar surface area (TPSA) is 0 Å². The van der Waals surface area contributed by atoms with Crippen molar-refractivity contribution in [3.05, 3.63) is 109 Å². The van der Waals surface area contributed by atoms with Gasteiger partial charge in [0.15, 0.2) is 0 Å². The predicted octanol–water partition coefficient (Wildman–Crippen LogP) is 6.22. The van der Waals surface area contributed by atoms with Gasteiger partial charge in [-0.25, -0.2) is 0 Å². The molecule has 3 rings (SSSR count). The second-order valence-electron chi connectivity index (χ2n) is 3.46. The lowest BCUT2D eigenvalue weighted by Crippen LogP contribution is -1.47. The summed E-state index contributed by atoms with van der Waals surface area (Å²) in [5.41, 5.74) is 0. The Morgan fingerprint density at radius 1 is 0.150 bits per heavy atom. The highest BCUT2D eigenvalue weighted by Crippen LogP contribution is 1.81. The van der Waals surface area contributed by atoms with Crippen molar-refractivity contribution in [3.63, 3.8) is 0 Å². The standard InChI is InChI=1S/3C6H6.2BrH/c3*1-2-4-6-5-3-1;;/h3*1-6H;2*1H. The van der Waals surface area contributed by atoms with Gasteiger partial charge in [0.2, 0.25) is 0 Å². The minimum absolute atomic E-state index is 0. The molecule has 20 heavy (non-hydrogen) atoms. The Labute approximate surface area is 143 Å². The summed E-state index contributed by atoms with van der Waals surface area (Å²) in [6, 6.07) is 36.0. The van der Waals surface area contributed by atoms with Crippen LogP contribution in [-0.2, 0) is 0 Å². The minimum atomic E-state index is 0. The Balaban J connectivity index is 0. The van der Waals surface area contributed by atoms with Crippen LogP contribution in [0.25, 0.3) is 0 Å². The van der Waals surface area contributed by atoms with Crippen LogP contribution in [0.2, 0.25) is 0 Å². The number of hydrogen-bond acceptors (Lipinski definition) is 0. The molecule has 0 radical (unpaired) electrons. The fourth-order valence-electron chi connectivity index (χ4n) is 1.15. The van der Waals surface area contributed by atoms with Crippen LogP contribution in [0.15, 0.2) is 109 Å². The summed E-state index contributed by atoms with van der Waals surface area (Å²) in [5.74, 6) is 0. The summed E-state index contributed by atoms with van der Waals surface area (Å²) in [5, 5.41) is 0. The fourth-order valence-corrected chi connectivity index (χ4v) is 1.15. The summed E-state index contributed by atoms with van der Waals surface area (Å²) < 4.78 is 0. The van der Waals surface area contributed by atoms with E-state index >= 15 is 0 Å². The molecule has 106 valence electrons. The molecule has 0 unspecified atom stereocenters. The minimum Gasteiger partial charge on any atom is -0.114 e. The van der Waals surface area contributed by atoms with E-state index < -0.39 is 0 Å². The molecule has 0 bridgehead atoms. The largest absolute Gasteiger partial charge is 0.114 e. The highest BCUT2D eigenvalue weighted by atomic mass is 79.9. The van der Waals surface area contributed by atoms with E-state index in [1.807, 2.05) is 109 Å². The van der Waals surface area contributed by atoms with Crippen molar-refractivity contribution in [2.24, 2.45) is 0 Å². The number of hydrogen-bond donors (Lipinski definition) is 0. The zero-order chi connectivity index (χ0) is 12.7. The van der Waals surface area contributed by atoms with E-state index in [4.69, 9.17) is 0 Å². The SMILES string of the molecule is Br.Br.c1ccccc1.c1ccccc1.c1ccccc1. The van der Waals surface area contributed by atoms with E-state index in [1.54, 1.807) is 0 Å². The van der Waals surface area contributed by atoms with E-state index in [1.165, 1.54) is 0 Å². The van der Waals surface area contributed by atoms with Crippen LogP contribution >= 0.6 is 34.0 Å². The average Bonchev–Trinajstić information content (AvgIpc) is 2.54. The second-order valence-corrected chi connectivity index (χ2v) is 3.46. The van der Waals surface area contributed by atoms with Crippen molar-refractivity contribution in [1.29, 1.82) is 0 Å². The molecule has 0 fully saturated rings. The lowest BCUT2D eigenvalue weighted by Gasteiger charge is -1.69. The summed E-state index contributed by atoms with van der Waals surface area (Å²) in [6.07, 6.45) is 0. The molecule has 0 aliphatic heterocycles. The van der Waals surface area contributed by atoms with Crippen LogP contribution in [0.3, 0.4) is 0 Å². The first kappa shape index (κ1) is 20.9. The highest BCUT2D eigenvalue weighted by Gasteiger charge is 1.59. The molecule has 0 atom stereocenters. The summed E-state index contributed by atoms with van der Waals surface area (Å²) in [6.45, 7) is 0. The smallest absolute Gasteiger partial charge is 0.0623 e. The maximum Gasteiger partial charge on any atom is -0.0623 e. The monoisotopic (exact) mass is 394 g/mol. The van der Waals surface area contributed by atoms with Gasteiger partial charge in [-0.2, -0.15) is 0 Å². The molecule has 0 N–H and O–H groups in total.